The maximum atomic E-state index is 12.7. The highest BCUT2D eigenvalue weighted by Gasteiger charge is 2.31. The Labute approximate surface area is 179 Å². The Morgan fingerprint density at radius 1 is 1.10 bits per heavy atom. The molecule has 1 N–H and O–H groups in total. The normalized spacial score (nSPS) is 20.8. The SMILES string of the molecule is Cc1nccc(N2CCC(N3CCC[C@@H](C(=O)NCCc4ccccc4)C3)CC2)n1. The molecular formula is C24H33N5O. The van der Waals surface area contributed by atoms with Crippen molar-refractivity contribution in [3.05, 3.63) is 54.0 Å². The monoisotopic (exact) mass is 407 g/mol. The number of hydrogen-bond donors (Lipinski definition) is 1. The molecule has 1 amide bonds. The van der Waals surface area contributed by atoms with Crippen LogP contribution < -0.4 is 10.2 Å². The number of carbonyl (C=O) groups excluding carboxylic acids is 1. The summed E-state index contributed by atoms with van der Waals surface area (Å²) in [5.41, 5.74) is 1.27. The molecule has 0 unspecified atom stereocenters. The van der Waals surface area contributed by atoms with E-state index in [1.54, 1.807) is 0 Å². The van der Waals surface area contributed by atoms with Crippen LogP contribution in [0.3, 0.4) is 0 Å². The number of aryl methyl sites for hydroxylation is 1. The van der Waals surface area contributed by atoms with Crippen molar-refractivity contribution in [3.8, 4) is 0 Å². The van der Waals surface area contributed by atoms with Crippen molar-refractivity contribution in [1.29, 1.82) is 0 Å². The molecule has 1 atom stereocenters. The summed E-state index contributed by atoms with van der Waals surface area (Å²) < 4.78 is 0. The molecule has 0 bridgehead atoms. The molecule has 2 fully saturated rings. The van der Waals surface area contributed by atoms with Crippen LogP contribution in [0.15, 0.2) is 42.6 Å². The van der Waals surface area contributed by atoms with Crippen LogP contribution in [0.5, 0.6) is 0 Å². The molecule has 2 saturated heterocycles. The second kappa shape index (κ2) is 10.0. The number of hydrogen-bond acceptors (Lipinski definition) is 5. The van der Waals surface area contributed by atoms with E-state index in [0.717, 1.165) is 76.5 Å². The number of rotatable bonds is 6. The average Bonchev–Trinajstić information content (AvgIpc) is 2.80. The summed E-state index contributed by atoms with van der Waals surface area (Å²) in [4.78, 5) is 26.4. The van der Waals surface area contributed by atoms with Crippen LogP contribution >= 0.6 is 0 Å². The number of amides is 1. The lowest BCUT2D eigenvalue weighted by Gasteiger charge is -2.42. The van der Waals surface area contributed by atoms with Gasteiger partial charge in [0.05, 0.1) is 5.92 Å². The first-order valence-electron chi connectivity index (χ1n) is 11.3. The van der Waals surface area contributed by atoms with Crippen LogP contribution in [-0.2, 0) is 11.2 Å². The van der Waals surface area contributed by atoms with Crippen molar-refractivity contribution in [2.24, 2.45) is 5.92 Å². The number of anilines is 1. The lowest BCUT2D eigenvalue weighted by atomic mass is 9.93. The van der Waals surface area contributed by atoms with Crippen LogP contribution in [0.4, 0.5) is 5.82 Å². The van der Waals surface area contributed by atoms with Gasteiger partial charge in [-0.1, -0.05) is 30.3 Å². The van der Waals surface area contributed by atoms with Crippen LogP contribution in [0.2, 0.25) is 0 Å². The predicted octanol–water partition coefficient (Wildman–Crippen LogP) is 2.82. The van der Waals surface area contributed by atoms with Gasteiger partial charge in [0.1, 0.15) is 11.6 Å². The molecule has 2 aliphatic heterocycles. The Kier molecular flexibility index (Phi) is 6.95. The zero-order valence-corrected chi connectivity index (χ0v) is 18.0. The van der Waals surface area contributed by atoms with Gasteiger partial charge < -0.3 is 10.2 Å². The van der Waals surface area contributed by atoms with E-state index in [9.17, 15) is 4.79 Å². The Morgan fingerprint density at radius 3 is 2.67 bits per heavy atom. The highest BCUT2D eigenvalue weighted by atomic mass is 16.1. The van der Waals surface area contributed by atoms with Crippen LogP contribution in [0, 0.1) is 12.8 Å². The Bertz CT molecular complexity index is 819. The van der Waals surface area contributed by atoms with Gasteiger partial charge in [-0.25, -0.2) is 9.97 Å². The van der Waals surface area contributed by atoms with Gasteiger partial charge in [0.15, 0.2) is 0 Å². The maximum Gasteiger partial charge on any atom is 0.224 e. The average molecular weight is 408 g/mol. The second-order valence-electron chi connectivity index (χ2n) is 8.54. The summed E-state index contributed by atoms with van der Waals surface area (Å²) in [5, 5.41) is 3.17. The first kappa shape index (κ1) is 20.8. The highest BCUT2D eigenvalue weighted by molar-refractivity contribution is 5.79. The van der Waals surface area contributed by atoms with Gasteiger partial charge >= 0.3 is 0 Å². The molecule has 6 nitrogen and oxygen atoms in total. The Balaban J connectivity index is 1.23. The van der Waals surface area contributed by atoms with Crippen molar-refractivity contribution in [3.63, 3.8) is 0 Å². The fourth-order valence-electron chi connectivity index (χ4n) is 4.75. The van der Waals surface area contributed by atoms with E-state index in [0.29, 0.717) is 6.04 Å². The first-order valence-corrected chi connectivity index (χ1v) is 11.3. The third-order valence-electron chi connectivity index (χ3n) is 6.45. The molecule has 2 aromatic rings. The molecule has 30 heavy (non-hydrogen) atoms. The van der Waals surface area contributed by atoms with E-state index < -0.39 is 0 Å². The van der Waals surface area contributed by atoms with Gasteiger partial charge in [0.25, 0.3) is 0 Å². The molecule has 0 radical (unpaired) electrons. The van der Waals surface area contributed by atoms with Gasteiger partial charge in [-0.05, 0) is 57.2 Å². The molecule has 0 saturated carbocycles. The van der Waals surface area contributed by atoms with Crippen LogP contribution in [0.25, 0.3) is 0 Å². The van der Waals surface area contributed by atoms with Crippen molar-refractivity contribution in [1.82, 2.24) is 20.2 Å². The van der Waals surface area contributed by atoms with E-state index in [4.69, 9.17) is 0 Å². The minimum Gasteiger partial charge on any atom is -0.356 e. The topological polar surface area (TPSA) is 61.4 Å². The van der Waals surface area contributed by atoms with Gasteiger partial charge in [0, 0.05) is 38.4 Å². The Hall–Kier alpha value is -2.47. The molecule has 0 spiro atoms. The van der Waals surface area contributed by atoms with E-state index in [1.165, 1.54) is 5.56 Å². The number of carbonyl (C=O) groups is 1. The molecule has 4 rings (SSSR count). The van der Waals surface area contributed by atoms with Crippen molar-refractivity contribution < 1.29 is 4.79 Å². The quantitative estimate of drug-likeness (QED) is 0.798. The maximum absolute atomic E-state index is 12.7. The number of aromatic nitrogens is 2. The van der Waals surface area contributed by atoms with Gasteiger partial charge in [-0.2, -0.15) is 0 Å². The number of benzene rings is 1. The molecule has 160 valence electrons. The number of piperidine rings is 2. The minimum atomic E-state index is 0.122. The fourth-order valence-corrected chi connectivity index (χ4v) is 4.75. The molecule has 1 aromatic heterocycles. The molecule has 1 aromatic carbocycles. The van der Waals surface area contributed by atoms with Crippen LogP contribution in [0.1, 0.15) is 37.1 Å². The lowest BCUT2D eigenvalue weighted by Crippen LogP contribution is -2.51. The molecular weight excluding hydrogens is 374 g/mol. The highest BCUT2D eigenvalue weighted by Crippen LogP contribution is 2.25. The number of nitrogens with zero attached hydrogens (tertiary/aromatic N) is 4. The summed E-state index contributed by atoms with van der Waals surface area (Å²) in [5.74, 6) is 2.21. The zero-order valence-electron chi connectivity index (χ0n) is 18.0. The van der Waals surface area contributed by atoms with E-state index in [-0.39, 0.29) is 11.8 Å². The van der Waals surface area contributed by atoms with E-state index in [1.807, 2.05) is 37.4 Å². The van der Waals surface area contributed by atoms with Crippen LogP contribution in [-0.4, -0.2) is 59.5 Å². The van der Waals surface area contributed by atoms with Gasteiger partial charge in [0.2, 0.25) is 5.91 Å². The lowest BCUT2D eigenvalue weighted by molar-refractivity contribution is -0.127. The molecule has 2 aliphatic rings. The molecule has 3 heterocycles. The van der Waals surface area contributed by atoms with E-state index >= 15 is 0 Å². The second-order valence-corrected chi connectivity index (χ2v) is 8.54. The predicted molar refractivity (Wildman–Crippen MR) is 119 cm³/mol. The van der Waals surface area contributed by atoms with E-state index in [2.05, 4.69) is 37.2 Å². The third-order valence-corrected chi connectivity index (χ3v) is 6.45. The molecule has 0 aliphatic carbocycles. The number of likely N-dealkylation sites (tertiary alicyclic amines) is 1. The summed E-state index contributed by atoms with van der Waals surface area (Å²) in [6, 6.07) is 12.9. The minimum absolute atomic E-state index is 0.122. The van der Waals surface area contributed by atoms with Crippen molar-refractivity contribution in [2.75, 3.05) is 37.6 Å². The summed E-state index contributed by atoms with van der Waals surface area (Å²) >= 11 is 0. The standard InChI is InChI=1S/C24H33N5O/c1-19-25-14-10-23(27-19)28-16-11-22(12-17-28)29-15-5-8-21(18-29)24(30)26-13-9-20-6-3-2-4-7-20/h2-4,6-7,10,14,21-22H,5,8-9,11-13,15-18H2,1H3,(H,26,30)/t21-/m1/s1. The first-order chi connectivity index (χ1) is 14.7. The zero-order chi connectivity index (χ0) is 20.8. The Morgan fingerprint density at radius 2 is 1.90 bits per heavy atom. The summed E-state index contributed by atoms with van der Waals surface area (Å²) in [6.07, 6.45) is 7.12. The smallest absolute Gasteiger partial charge is 0.224 e. The summed E-state index contributed by atoms with van der Waals surface area (Å²) in [6.45, 7) is 6.71. The summed E-state index contributed by atoms with van der Waals surface area (Å²) in [7, 11) is 0. The fraction of sp³-hybridized carbons (Fsp3) is 0.542. The number of nitrogens with one attached hydrogen (secondary N) is 1. The molecule has 6 heteroatoms. The largest absolute Gasteiger partial charge is 0.356 e. The van der Waals surface area contributed by atoms with Gasteiger partial charge in [-0.3, -0.25) is 9.69 Å². The van der Waals surface area contributed by atoms with Crippen molar-refractivity contribution >= 4 is 11.7 Å². The van der Waals surface area contributed by atoms with Crippen molar-refractivity contribution in [2.45, 2.75) is 45.1 Å². The van der Waals surface area contributed by atoms with Gasteiger partial charge in [-0.15, -0.1) is 0 Å². The third kappa shape index (κ3) is 5.36.